The zero-order valence-corrected chi connectivity index (χ0v) is 23.6. The quantitative estimate of drug-likeness (QED) is 0.445. The zero-order chi connectivity index (χ0) is 26.4. The van der Waals surface area contributed by atoms with E-state index >= 15 is 0 Å². The zero-order valence-electron chi connectivity index (χ0n) is 22.8. The maximum Gasteiger partial charge on any atom is 0.246 e. The Kier molecular flexibility index (Phi) is 10.6. The van der Waals surface area contributed by atoms with E-state index in [2.05, 4.69) is 43.1 Å². The van der Waals surface area contributed by atoms with Crippen molar-refractivity contribution in [3.05, 3.63) is 59.7 Å². The second kappa shape index (κ2) is 13.5. The highest BCUT2D eigenvalue weighted by molar-refractivity contribution is 6.00. The van der Waals surface area contributed by atoms with Gasteiger partial charge in [0.25, 0.3) is 0 Å². The van der Waals surface area contributed by atoms with Crippen molar-refractivity contribution in [2.75, 3.05) is 19.6 Å². The van der Waals surface area contributed by atoms with E-state index in [1.165, 1.54) is 5.56 Å². The van der Waals surface area contributed by atoms with Crippen LogP contribution in [0.5, 0.6) is 11.5 Å². The number of piperazine rings is 1. The fourth-order valence-electron chi connectivity index (χ4n) is 5.45. The van der Waals surface area contributed by atoms with Gasteiger partial charge < -0.3 is 20.1 Å². The summed E-state index contributed by atoms with van der Waals surface area (Å²) in [5.74, 6) is 1.97. The van der Waals surface area contributed by atoms with Gasteiger partial charge in [0.05, 0.1) is 6.61 Å². The van der Waals surface area contributed by atoms with Gasteiger partial charge in [-0.05, 0) is 67.0 Å². The predicted octanol–water partition coefficient (Wildman–Crippen LogP) is 4.90. The Balaban J connectivity index is 0.00000400. The summed E-state index contributed by atoms with van der Waals surface area (Å²) in [5, 5.41) is 12.3. The third-order valence-corrected chi connectivity index (χ3v) is 7.61. The minimum atomic E-state index is -0.723. The van der Waals surface area contributed by atoms with E-state index in [1.807, 2.05) is 41.3 Å². The summed E-state index contributed by atoms with van der Waals surface area (Å²) in [6, 6.07) is 15.1. The van der Waals surface area contributed by atoms with Crippen LogP contribution in [0.15, 0.2) is 48.5 Å². The van der Waals surface area contributed by atoms with Crippen molar-refractivity contribution < 1.29 is 19.4 Å². The fraction of sp³-hybridized carbons (Fsp3) is 0.533. The smallest absolute Gasteiger partial charge is 0.246 e. The molecule has 0 saturated carbocycles. The third kappa shape index (κ3) is 6.87. The van der Waals surface area contributed by atoms with Crippen LogP contribution in [-0.2, 0) is 22.7 Å². The summed E-state index contributed by atoms with van der Waals surface area (Å²) in [5.41, 5.74) is 1.31. The number of benzene rings is 2. The molecule has 0 bridgehead atoms. The molecule has 0 radical (unpaired) electrons. The SMILES string of the molecule is CCCCN1C(=O)[C@H](CC(C)C)NC(=O)C12CCN(Cc1ccc(Oc3ccc(CO)cc3)cc1)CC2.Cl. The van der Waals surface area contributed by atoms with Crippen LogP contribution >= 0.6 is 12.4 Å². The number of piperidine rings is 1. The molecule has 8 heteroatoms. The number of hydrogen-bond acceptors (Lipinski definition) is 5. The van der Waals surface area contributed by atoms with Crippen LogP contribution < -0.4 is 10.1 Å². The van der Waals surface area contributed by atoms with Crippen LogP contribution in [0.25, 0.3) is 0 Å². The number of carbonyl (C=O) groups is 2. The normalized spacial score (nSPS) is 19.4. The Labute approximate surface area is 232 Å². The van der Waals surface area contributed by atoms with E-state index < -0.39 is 11.6 Å². The molecule has 1 spiro atoms. The molecule has 7 nitrogen and oxygen atoms in total. The van der Waals surface area contributed by atoms with Gasteiger partial charge in [-0.25, -0.2) is 0 Å². The third-order valence-electron chi connectivity index (χ3n) is 7.61. The molecule has 2 fully saturated rings. The van der Waals surface area contributed by atoms with Crippen LogP contribution in [0.4, 0.5) is 0 Å². The second-order valence-corrected chi connectivity index (χ2v) is 10.9. The van der Waals surface area contributed by atoms with Crippen molar-refractivity contribution >= 4 is 24.2 Å². The molecule has 2 amide bonds. The van der Waals surface area contributed by atoms with Crippen LogP contribution in [-0.4, -0.2) is 57.9 Å². The number of rotatable bonds is 10. The van der Waals surface area contributed by atoms with Crippen molar-refractivity contribution in [1.82, 2.24) is 15.1 Å². The Hall–Kier alpha value is -2.61. The lowest BCUT2D eigenvalue weighted by atomic mass is 9.80. The van der Waals surface area contributed by atoms with Gasteiger partial charge in [-0.2, -0.15) is 0 Å². The molecule has 4 rings (SSSR count). The highest BCUT2D eigenvalue weighted by atomic mass is 35.5. The van der Waals surface area contributed by atoms with Crippen molar-refractivity contribution in [2.45, 2.75) is 77.6 Å². The van der Waals surface area contributed by atoms with Crippen LogP contribution in [0, 0.1) is 5.92 Å². The number of nitrogens with one attached hydrogen (secondary N) is 1. The lowest BCUT2D eigenvalue weighted by molar-refractivity contribution is -0.161. The number of amides is 2. The number of aliphatic hydroxyl groups is 1. The van der Waals surface area contributed by atoms with E-state index in [4.69, 9.17) is 4.74 Å². The van der Waals surface area contributed by atoms with Gasteiger partial charge in [-0.3, -0.25) is 14.5 Å². The minimum Gasteiger partial charge on any atom is -0.457 e. The Morgan fingerprint density at radius 2 is 1.58 bits per heavy atom. The topological polar surface area (TPSA) is 82.1 Å². The molecule has 0 aromatic heterocycles. The molecule has 2 N–H and O–H groups in total. The minimum absolute atomic E-state index is 0. The highest BCUT2D eigenvalue weighted by Crippen LogP contribution is 2.35. The molecule has 2 saturated heterocycles. The van der Waals surface area contributed by atoms with Gasteiger partial charge in [-0.15, -0.1) is 12.4 Å². The lowest BCUT2D eigenvalue weighted by Gasteiger charge is -2.52. The first-order chi connectivity index (χ1) is 17.8. The Bertz CT molecular complexity index is 1050. The molecule has 0 aliphatic carbocycles. The molecule has 208 valence electrons. The van der Waals surface area contributed by atoms with Gasteiger partial charge in [0, 0.05) is 26.2 Å². The largest absolute Gasteiger partial charge is 0.457 e. The summed E-state index contributed by atoms with van der Waals surface area (Å²) in [6.07, 6.45) is 3.92. The first kappa shape index (κ1) is 29.9. The first-order valence-corrected chi connectivity index (χ1v) is 13.7. The van der Waals surface area contributed by atoms with Crippen molar-refractivity contribution in [1.29, 1.82) is 0 Å². The number of unbranched alkanes of at least 4 members (excludes halogenated alkanes) is 1. The Morgan fingerprint density at radius 1 is 1.00 bits per heavy atom. The number of carbonyl (C=O) groups excluding carboxylic acids is 2. The molecule has 38 heavy (non-hydrogen) atoms. The molecule has 2 aliphatic heterocycles. The fourth-order valence-corrected chi connectivity index (χ4v) is 5.45. The number of hydrogen-bond donors (Lipinski definition) is 2. The second-order valence-electron chi connectivity index (χ2n) is 10.9. The summed E-state index contributed by atoms with van der Waals surface area (Å²) < 4.78 is 5.92. The number of nitrogens with zero attached hydrogens (tertiary/aromatic N) is 2. The lowest BCUT2D eigenvalue weighted by Crippen LogP contribution is -2.73. The molecule has 2 aromatic rings. The monoisotopic (exact) mass is 543 g/mol. The van der Waals surface area contributed by atoms with Crippen LogP contribution in [0.3, 0.4) is 0 Å². The average molecular weight is 544 g/mol. The summed E-state index contributed by atoms with van der Waals surface area (Å²) in [6.45, 7) is 9.31. The van der Waals surface area contributed by atoms with E-state index in [0.29, 0.717) is 31.7 Å². The molecule has 0 unspecified atom stereocenters. The summed E-state index contributed by atoms with van der Waals surface area (Å²) >= 11 is 0. The highest BCUT2D eigenvalue weighted by Gasteiger charge is 2.53. The predicted molar refractivity (Wildman–Crippen MR) is 151 cm³/mol. The van der Waals surface area contributed by atoms with Gasteiger partial charge in [0.1, 0.15) is 23.1 Å². The Morgan fingerprint density at radius 3 is 2.11 bits per heavy atom. The van der Waals surface area contributed by atoms with Crippen molar-refractivity contribution in [3.63, 3.8) is 0 Å². The maximum atomic E-state index is 13.4. The summed E-state index contributed by atoms with van der Waals surface area (Å²) in [4.78, 5) is 31.1. The van der Waals surface area contributed by atoms with Gasteiger partial charge in [0.2, 0.25) is 11.8 Å². The van der Waals surface area contributed by atoms with Crippen molar-refractivity contribution in [3.8, 4) is 11.5 Å². The first-order valence-electron chi connectivity index (χ1n) is 13.7. The van der Waals surface area contributed by atoms with E-state index in [-0.39, 0.29) is 30.8 Å². The molecule has 1 atom stereocenters. The molecular weight excluding hydrogens is 502 g/mol. The van der Waals surface area contributed by atoms with Gasteiger partial charge in [-0.1, -0.05) is 51.5 Å². The van der Waals surface area contributed by atoms with E-state index in [0.717, 1.165) is 49.5 Å². The molecular formula is C30H42ClN3O4. The number of aliphatic hydroxyl groups excluding tert-OH is 1. The molecule has 2 heterocycles. The van der Waals surface area contributed by atoms with E-state index in [1.54, 1.807) is 0 Å². The number of likely N-dealkylation sites (tertiary alicyclic amines) is 1. The van der Waals surface area contributed by atoms with Crippen molar-refractivity contribution in [2.24, 2.45) is 5.92 Å². The molecule has 2 aromatic carbocycles. The van der Waals surface area contributed by atoms with E-state index in [9.17, 15) is 14.7 Å². The number of halogens is 1. The summed E-state index contributed by atoms with van der Waals surface area (Å²) in [7, 11) is 0. The van der Waals surface area contributed by atoms with Crippen LogP contribution in [0.1, 0.15) is 64.0 Å². The molecule has 2 aliphatic rings. The standard InChI is InChI=1S/C30H41N3O4.ClH/c1-4-5-16-33-28(35)27(19-22(2)3)31-29(36)30(33)14-17-32(18-15-30)20-23-6-10-25(11-7-23)37-26-12-8-24(21-34)9-13-26;/h6-13,22,27,34H,4-5,14-21H2,1-3H3,(H,31,36);1H/t27-;/m0./s1. The average Bonchev–Trinajstić information content (AvgIpc) is 2.90. The number of ether oxygens (including phenoxy) is 1. The van der Waals surface area contributed by atoms with Crippen LogP contribution in [0.2, 0.25) is 0 Å². The van der Waals surface area contributed by atoms with Gasteiger partial charge >= 0.3 is 0 Å². The van der Waals surface area contributed by atoms with Gasteiger partial charge in [0.15, 0.2) is 0 Å². The maximum absolute atomic E-state index is 13.4.